The van der Waals surface area contributed by atoms with Crippen LogP contribution in [0, 0.1) is 5.82 Å². The first-order valence-electron chi connectivity index (χ1n) is 7.35. The molecule has 0 heterocycles. The Hall–Kier alpha value is -1.13. The predicted octanol–water partition coefficient (Wildman–Crippen LogP) is 2.25. The number of benzene rings is 1. The van der Waals surface area contributed by atoms with Crippen molar-refractivity contribution in [2.75, 3.05) is 39.1 Å². The van der Waals surface area contributed by atoms with Gasteiger partial charge in [-0.3, -0.25) is 0 Å². The second kappa shape index (κ2) is 6.10. The lowest BCUT2D eigenvalue weighted by Crippen LogP contribution is -2.56. The van der Waals surface area contributed by atoms with E-state index in [1.807, 2.05) is 7.05 Å². The van der Waals surface area contributed by atoms with E-state index in [2.05, 4.69) is 30.0 Å². The van der Waals surface area contributed by atoms with E-state index in [9.17, 15) is 4.39 Å². The standard InChI is InChI=1S/C16H26FN3/c1-19(2)16(6-4-7-16)12-20(3)15-10-13(5-8-18)9-14(17)11-15/h9-11H,4-8,12,18H2,1-3H3. The van der Waals surface area contributed by atoms with Gasteiger partial charge in [0, 0.05) is 24.8 Å². The molecule has 0 saturated heterocycles. The zero-order chi connectivity index (χ0) is 14.8. The molecular weight excluding hydrogens is 253 g/mol. The number of halogens is 1. The summed E-state index contributed by atoms with van der Waals surface area (Å²) in [4.78, 5) is 4.48. The molecule has 20 heavy (non-hydrogen) atoms. The Kier molecular flexibility index (Phi) is 4.66. The first-order chi connectivity index (χ1) is 9.47. The van der Waals surface area contributed by atoms with E-state index in [0.717, 1.165) is 24.2 Å². The highest BCUT2D eigenvalue weighted by Gasteiger charge is 2.39. The highest BCUT2D eigenvalue weighted by atomic mass is 19.1. The maximum atomic E-state index is 13.7. The third kappa shape index (κ3) is 3.13. The molecule has 4 heteroatoms. The molecule has 0 aromatic heterocycles. The minimum atomic E-state index is -0.176. The number of anilines is 1. The van der Waals surface area contributed by atoms with Crippen molar-refractivity contribution in [1.82, 2.24) is 4.90 Å². The maximum Gasteiger partial charge on any atom is 0.125 e. The van der Waals surface area contributed by atoms with Crippen LogP contribution in [0.2, 0.25) is 0 Å². The molecule has 1 aromatic carbocycles. The predicted molar refractivity (Wildman–Crippen MR) is 82.7 cm³/mol. The van der Waals surface area contributed by atoms with Crippen molar-refractivity contribution in [3.63, 3.8) is 0 Å². The lowest BCUT2D eigenvalue weighted by molar-refractivity contribution is 0.0683. The van der Waals surface area contributed by atoms with Crippen molar-refractivity contribution in [2.24, 2.45) is 5.73 Å². The summed E-state index contributed by atoms with van der Waals surface area (Å²) in [5.74, 6) is -0.176. The van der Waals surface area contributed by atoms with Crippen molar-refractivity contribution in [3.05, 3.63) is 29.6 Å². The van der Waals surface area contributed by atoms with E-state index in [1.54, 1.807) is 12.1 Å². The number of nitrogens with zero attached hydrogens (tertiary/aromatic N) is 2. The second-order valence-electron chi connectivity index (χ2n) is 6.18. The molecular formula is C16H26FN3. The smallest absolute Gasteiger partial charge is 0.125 e. The van der Waals surface area contributed by atoms with Gasteiger partial charge in [0.1, 0.15) is 5.82 Å². The third-order valence-corrected chi connectivity index (χ3v) is 4.58. The van der Waals surface area contributed by atoms with Crippen molar-refractivity contribution in [2.45, 2.75) is 31.2 Å². The molecule has 1 aliphatic carbocycles. The molecule has 2 rings (SSSR count). The summed E-state index contributed by atoms with van der Waals surface area (Å²) < 4.78 is 13.7. The average Bonchev–Trinajstić information content (AvgIpc) is 2.32. The van der Waals surface area contributed by atoms with Crippen LogP contribution in [-0.2, 0) is 6.42 Å². The number of likely N-dealkylation sites (N-methyl/N-ethyl adjacent to an activating group) is 2. The Morgan fingerprint density at radius 2 is 1.90 bits per heavy atom. The lowest BCUT2D eigenvalue weighted by Gasteiger charge is -2.49. The van der Waals surface area contributed by atoms with Crippen LogP contribution in [0.3, 0.4) is 0 Å². The van der Waals surface area contributed by atoms with Gasteiger partial charge in [0.2, 0.25) is 0 Å². The van der Waals surface area contributed by atoms with E-state index < -0.39 is 0 Å². The van der Waals surface area contributed by atoms with Crippen molar-refractivity contribution in [1.29, 1.82) is 0 Å². The van der Waals surface area contributed by atoms with Crippen LogP contribution in [0.15, 0.2) is 18.2 Å². The monoisotopic (exact) mass is 279 g/mol. The van der Waals surface area contributed by atoms with Gasteiger partial charge in [-0.25, -0.2) is 4.39 Å². The summed E-state index contributed by atoms with van der Waals surface area (Å²) in [7, 11) is 6.32. The molecule has 1 aliphatic rings. The lowest BCUT2D eigenvalue weighted by atomic mass is 9.75. The van der Waals surface area contributed by atoms with Crippen molar-refractivity contribution < 1.29 is 4.39 Å². The molecule has 0 radical (unpaired) electrons. The van der Waals surface area contributed by atoms with Crippen LogP contribution in [0.4, 0.5) is 10.1 Å². The summed E-state index contributed by atoms with van der Waals surface area (Å²) in [5.41, 5.74) is 7.73. The molecule has 0 unspecified atom stereocenters. The second-order valence-corrected chi connectivity index (χ2v) is 6.18. The summed E-state index contributed by atoms with van der Waals surface area (Å²) in [6.45, 7) is 1.49. The molecule has 0 aliphatic heterocycles. The molecule has 0 amide bonds. The first kappa shape index (κ1) is 15.3. The van der Waals surface area contributed by atoms with E-state index >= 15 is 0 Å². The first-order valence-corrected chi connectivity index (χ1v) is 7.35. The Balaban J connectivity index is 2.14. The largest absolute Gasteiger partial charge is 0.373 e. The quantitative estimate of drug-likeness (QED) is 0.867. The molecule has 1 saturated carbocycles. The van der Waals surface area contributed by atoms with Crippen LogP contribution < -0.4 is 10.6 Å². The maximum absolute atomic E-state index is 13.7. The summed E-state index contributed by atoms with van der Waals surface area (Å²) in [5, 5.41) is 0. The fourth-order valence-corrected chi connectivity index (χ4v) is 3.03. The van der Waals surface area contributed by atoms with Crippen LogP contribution in [0.25, 0.3) is 0 Å². The number of hydrogen-bond donors (Lipinski definition) is 1. The Labute approximate surface area is 121 Å². The molecule has 0 spiro atoms. The van der Waals surface area contributed by atoms with Gasteiger partial charge in [-0.05, 0) is 70.1 Å². The topological polar surface area (TPSA) is 32.5 Å². The van der Waals surface area contributed by atoms with E-state index in [1.165, 1.54) is 19.3 Å². The van der Waals surface area contributed by atoms with Gasteiger partial charge in [-0.15, -0.1) is 0 Å². The zero-order valence-corrected chi connectivity index (χ0v) is 12.8. The zero-order valence-electron chi connectivity index (χ0n) is 12.8. The number of nitrogens with two attached hydrogens (primary N) is 1. The molecule has 1 aromatic rings. The van der Waals surface area contributed by atoms with E-state index in [-0.39, 0.29) is 11.4 Å². The van der Waals surface area contributed by atoms with Crippen LogP contribution in [0.5, 0.6) is 0 Å². The Bertz CT molecular complexity index is 455. The normalized spacial score (nSPS) is 17.1. The molecule has 1 fully saturated rings. The highest BCUT2D eigenvalue weighted by molar-refractivity contribution is 5.49. The molecule has 3 nitrogen and oxygen atoms in total. The minimum absolute atomic E-state index is 0.176. The van der Waals surface area contributed by atoms with Gasteiger partial charge in [-0.2, -0.15) is 0 Å². The summed E-state index contributed by atoms with van der Waals surface area (Å²) >= 11 is 0. The minimum Gasteiger partial charge on any atom is -0.373 e. The van der Waals surface area contributed by atoms with Gasteiger partial charge < -0.3 is 15.5 Å². The fraction of sp³-hybridized carbons (Fsp3) is 0.625. The van der Waals surface area contributed by atoms with E-state index in [0.29, 0.717) is 6.54 Å². The summed E-state index contributed by atoms with van der Waals surface area (Å²) in [6, 6.07) is 5.25. The van der Waals surface area contributed by atoms with Crippen molar-refractivity contribution in [3.8, 4) is 0 Å². The van der Waals surface area contributed by atoms with Crippen LogP contribution >= 0.6 is 0 Å². The highest BCUT2D eigenvalue weighted by Crippen LogP contribution is 2.37. The van der Waals surface area contributed by atoms with Gasteiger partial charge in [-0.1, -0.05) is 0 Å². The molecule has 112 valence electrons. The van der Waals surface area contributed by atoms with Gasteiger partial charge in [0.05, 0.1) is 0 Å². The molecule has 0 bridgehead atoms. The Morgan fingerprint density at radius 3 is 2.40 bits per heavy atom. The van der Waals surface area contributed by atoms with E-state index in [4.69, 9.17) is 5.73 Å². The number of rotatable bonds is 6. The van der Waals surface area contributed by atoms with Gasteiger partial charge in [0.25, 0.3) is 0 Å². The summed E-state index contributed by atoms with van der Waals surface area (Å²) in [6.07, 6.45) is 4.44. The van der Waals surface area contributed by atoms with Crippen LogP contribution in [-0.4, -0.2) is 44.7 Å². The fourth-order valence-electron chi connectivity index (χ4n) is 3.03. The SMILES string of the molecule is CN(CC1(N(C)C)CCC1)c1cc(F)cc(CCN)c1. The third-order valence-electron chi connectivity index (χ3n) is 4.58. The molecule has 0 atom stereocenters. The molecule has 2 N–H and O–H groups in total. The van der Waals surface area contributed by atoms with Gasteiger partial charge >= 0.3 is 0 Å². The van der Waals surface area contributed by atoms with Crippen LogP contribution in [0.1, 0.15) is 24.8 Å². The average molecular weight is 279 g/mol. The number of hydrogen-bond acceptors (Lipinski definition) is 3. The Morgan fingerprint density at radius 1 is 1.20 bits per heavy atom. The van der Waals surface area contributed by atoms with Gasteiger partial charge in [0.15, 0.2) is 0 Å². The van der Waals surface area contributed by atoms with Crippen molar-refractivity contribution >= 4 is 5.69 Å².